The minimum Gasteiger partial charge on any atom is -0.338 e. The van der Waals surface area contributed by atoms with E-state index in [2.05, 4.69) is 81.8 Å². The second kappa shape index (κ2) is 8.57. The van der Waals surface area contributed by atoms with Gasteiger partial charge in [0, 0.05) is 37.7 Å². The van der Waals surface area contributed by atoms with Gasteiger partial charge in [0.2, 0.25) is 5.95 Å². The van der Waals surface area contributed by atoms with Crippen molar-refractivity contribution in [2.45, 2.75) is 26.8 Å². The molecule has 4 aromatic rings. The monoisotopic (exact) mass is 437 g/mol. The van der Waals surface area contributed by atoms with E-state index in [1.807, 2.05) is 13.2 Å². The van der Waals surface area contributed by atoms with Crippen LogP contribution in [0.4, 0.5) is 23.1 Å². The van der Waals surface area contributed by atoms with Crippen LogP contribution >= 0.6 is 0 Å². The second-order valence-corrected chi connectivity index (χ2v) is 8.57. The van der Waals surface area contributed by atoms with Crippen LogP contribution in [0.2, 0.25) is 0 Å². The Kier molecular flexibility index (Phi) is 5.45. The highest BCUT2D eigenvalue weighted by Gasteiger charge is 2.17. The lowest BCUT2D eigenvalue weighted by Gasteiger charge is -2.27. The molecule has 0 atom stereocenters. The van der Waals surface area contributed by atoms with Crippen molar-refractivity contribution in [2.24, 2.45) is 7.05 Å². The van der Waals surface area contributed by atoms with Crippen molar-refractivity contribution in [3.63, 3.8) is 0 Å². The van der Waals surface area contributed by atoms with Crippen molar-refractivity contribution in [1.82, 2.24) is 24.6 Å². The Bertz CT molecular complexity index is 1360. The number of aromatic nitrogens is 4. The van der Waals surface area contributed by atoms with E-state index in [4.69, 9.17) is 11.4 Å². The molecular weight excluding hydrogens is 410 g/mol. The quantitative estimate of drug-likeness (QED) is 0.449. The van der Waals surface area contributed by atoms with Crippen molar-refractivity contribution in [1.29, 1.82) is 0 Å². The van der Waals surface area contributed by atoms with Gasteiger partial charge in [-0.3, -0.25) is 4.90 Å². The predicted octanol–water partition coefficient (Wildman–Crippen LogP) is 4.46. The molecule has 0 unspecified atom stereocenters. The molecule has 33 heavy (non-hydrogen) atoms. The summed E-state index contributed by atoms with van der Waals surface area (Å²) >= 11 is 0. The highest BCUT2D eigenvalue weighted by molar-refractivity contribution is 5.90. The fourth-order valence-electron chi connectivity index (χ4n) is 4.41. The summed E-state index contributed by atoms with van der Waals surface area (Å²) in [5, 5.41) is 12.4. The SMILES string of the molecule is C#CCN1CCc2ccc(Nc3ncc4c(Nc5c(C)cccc5C)nn(C)c4n3)cc2C1. The molecular formula is C26H27N7. The van der Waals surface area contributed by atoms with Crippen molar-refractivity contribution >= 4 is 34.2 Å². The number of benzene rings is 2. The third-order valence-electron chi connectivity index (χ3n) is 6.17. The van der Waals surface area contributed by atoms with E-state index in [-0.39, 0.29) is 0 Å². The molecule has 0 fully saturated rings. The van der Waals surface area contributed by atoms with E-state index in [0.717, 1.165) is 47.7 Å². The molecule has 0 aliphatic carbocycles. The summed E-state index contributed by atoms with van der Waals surface area (Å²) in [6.07, 6.45) is 8.34. The predicted molar refractivity (Wildman–Crippen MR) is 133 cm³/mol. The summed E-state index contributed by atoms with van der Waals surface area (Å²) in [6, 6.07) is 12.7. The molecule has 3 heterocycles. The summed E-state index contributed by atoms with van der Waals surface area (Å²) in [5.74, 6) is 4.04. The third-order valence-corrected chi connectivity index (χ3v) is 6.17. The zero-order valence-electron chi connectivity index (χ0n) is 19.2. The number of hydrogen-bond acceptors (Lipinski definition) is 6. The van der Waals surface area contributed by atoms with E-state index in [0.29, 0.717) is 12.5 Å². The average Bonchev–Trinajstić information content (AvgIpc) is 3.11. The van der Waals surface area contributed by atoms with Gasteiger partial charge < -0.3 is 10.6 Å². The number of para-hydroxylation sites is 1. The molecule has 0 radical (unpaired) electrons. The van der Waals surface area contributed by atoms with Crippen LogP contribution in [-0.4, -0.2) is 37.7 Å². The fraction of sp³-hybridized carbons (Fsp3) is 0.269. The molecule has 2 aromatic heterocycles. The maximum Gasteiger partial charge on any atom is 0.229 e. The van der Waals surface area contributed by atoms with E-state index >= 15 is 0 Å². The molecule has 166 valence electrons. The van der Waals surface area contributed by atoms with Gasteiger partial charge in [-0.25, -0.2) is 9.67 Å². The highest BCUT2D eigenvalue weighted by atomic mass is 15.3. The van der Waals surface area contributed by atoms with Crippen LogP contribution in [0.1, 0.15) is 22.3 Å². The molecule has 0 saturated carbocycles. The maximum atomic E-state index is 5.50. The number of aryl methyl sites for hydroxylation is 3. The zero-order valence-corrected chi connectivity index (χ0v) is 19.2. The van der Waals surface area contributed by atoms with Gasteiger partial charge in [0.15, 0.2) is 11.5 Å². The number of anilines is 4. The Labute approximate surface area is 193 Å². The van der Waals surface area contributed by atoms with Crippen molar-refractivity contribution in [3.8, 4) is 12.3 Å². The first kappa shape index (κ1) is 21.0. The van der Waals surface area contributed by atoms with E-state index in [1.54, 1.807) is 4.68 Å². The number of hydrogen-bond donors (Lipinski definition) is 2. The van der Waals surface area contributed by atoms with Crippen LogP contribution in [0, 0.1) is 26.2 Å². The third kappa shape index (κ3) is 4.13. The first-order chi connectivity index (χ1) is 16.0. The van der Waals surface area contributed by atoms with Crippen LogP contribution in [0.15, 0.2) is 42.6 Å². The van der Waals surface area contributed by atoms with Gasteiger partial charge in [-0.05, 0) is 54.7 Å². The summed E-state index contributed by atoms with van der Waals surface area (Å²) < 4.78 is 1.78. The van der Waals surface area contributed by atoms with Gasteiger partial charge in [-0.1, -0.05) is 30.2 Å². The largest absolute Gasteiger partial charge is 0.338 e. The molecule has 7 heteroatoms. The molecule has 2 N–H and O–H groups in total. The van der Waals surface area contributed by atoms with Crippen LogP contribution in [-0.2, 0) is 20.0 Å². The molecule has 1 aliphatic rings. The Morgan fingerprint density at radius 2 is 1.91 bits per heavy atom. The normalized spacial score (nSPS) is 13.5. The van der Waals surface area contributed by atoms with E-state index < -0.39 is 0 Å². The lowest BCUT2D eigenvalue weighted by molar-refractivity contribution is 0.286. The Balaban J connectivity index is 1.40. The number of nitrogens with one attached hydrogen (secondary N) is 2. The topological polar surface area (TPSA) is 70.9 Å². The first-order valence-corrected chi connectivity index (χ1v) is 11.1. The highest BCUT2D eigenvalue weighted by Crippen LogP contribution is 2.29. The number of fused-ring (bicyclic) bond motifs is 2. The smallest absolute Gasteiger partial charge is 0.229 e. The summed E-state index contributed by atoms with van der Waals surface area (Å²) in [4.78, 5) is 11.6. The van der Waals surface area contributed by atoms with Crippen molar-refractivity contribution < 1.29 is 0 Å². The zero-order chi connectivity index (χ0) is 22.9. The molecule has 7 nitrogen and oxygen atoms in total. The first-order valence-electron chi connectivity index (χ1n) is 11.1. The number of terminal acetylenes is 1. The van der Waals surface area contributed by atoms with Crippen molar-refractivity contribution in [3.05, 3.63) is 64.8 Å². The van der Waals surface area contributed by atoms with Crippen LogP contribution in [0.25, 0.3) is 11.0 Å². The molecule has 2 aromatic carbocycles. The van der Waals surface area contributed by atoms with E-state index in [9.17, 15) is 0 Å². The number of rotatable bonds is 5. The number of nitrogens with zero attached hydrogens (tertiary/aromatic N) is 5. The molecule has 1 aliphatic heterocycles. The van der Waals surface area contributed by atoms with Crippen LogP contribution < -0.4 is 10.6 Å². The van der Waals surface area contributed by atoms with Gasteiger partial charge >= 0.3 is 0 Å². The fourth-order valence-corrected chi connectivity index (χ4v) is 4.41. The standard InChI is InChI=1S/C26H27N7/c1-5-12-33-13-11-19-9-10-21(14-20(19)16-33)28-26-27-15-22-24(31-32(4)25(22)30-26)29-23-17(2)7-6-8-18(23)3/h1,6-10,14-15H,11-13,16H2,2-4H3,(H,29,31)(H,27,28,30). The Hall–Kier alpha value is -3.89. The average molecular weight is 438 g/mol. The van der Waals surface area contributed by atoms with Gasteiger partial charge in [-0.2, -0.15) is 10.1 Å². The Morgan fingerprint density at radius 1 is 1.09 bits per heavy atom. The maximum absolute atomic E-state index is 5.50. The minimum atomic E-state index is 0.542. The van der Waals surface area contributed by atoms with Gasteiger partial charge in [0.25, 0.3) is 0 Å². The van der Waals surface area contributed by atoms with Crippen LogP contribution in [0.5, 0.6) is 0 Å². The van der Waals surface area contributed by atoms with Crippen molar-refractivity contribution in [2.75, 3.05) is 23.7 Å². The summed E-state index contributed by atoms with van der Waals surface area (Å²) in [6.45, 7) is 6.72. The summed E-state index contributed by atoms with van der Waals surface area (Å²) in [7, 11) is 1.90. The molecule has 0 bridgehead atoms. The van der Waals surface area contributed by atoms with E-state index in [1.165, 1.54) is 22.3 Å². The minimum absolute atomic E-state index is 0.542. The molecule has 0 amide bonds. The van der Waals surface area contributed by atoms with Gasteiger partial charge in [-0.15, -0.1) is 6.42 Å². The second-order valence-electron chi connectivity index (χ2n) is 8.57. The van der Waals surface area contributed by atoms with Crippen LogP contribution in [0.3, 0.4) is 0 Å². The van der Waals surface area contributed by atoms with Gasteiger partial charge in [0.05, 0.1) is 11.9 Å². The summed E-state index contributed by atoms with van der Waals surface area (Å²) in [5.41, 5.74) is 7.79. The van der Waals surface area contributed by atoms with Gasteiger partial charge in [0.1, 0.15) is 0 Å². The molecule has 0 saturated heterocycles. The lowest BCUT2D eigenvalue weighted by Crippen LogP contribution is -2.30. The lowest BCUT2D eigenvalue weighted by atomic mass is 9.99. The molecule has 0 spiro atoms. The Morgan fingerprint density at radius 3 is 2.70 bits per heavy atom. The molecule has 5 rings (SSSR count).